The van der Waals surface area contributed by atoms with Crippen molar-refractivity contribution in [2.45, 2.75) is 32.4 Å². The van der Waals surface area contributed by atoms with Crippen molar-refractivity contribution in [3.8, 4) is 0 Å². The quantitative estimate of drug-likeness (QED) is 0.715. The summed E-state index contributed by atoms with van der Waals surface area (Å²) in [5, 5.41) is 10.0. The minimum absolute atomic E-state index is 0.367. The highest BCUT2D eigenvalue weighted by atomic mass is 16.5. The largest absolute Gasteiger partial charge is 0.379 e. The van der Waals surface area contributed by atoms with E-state index >= 15 is 0 Å². The zero-order chi connectivity index (χ0) is 13.5. The monoisotopic (exact) mass is 265 g/mol. The molecule has 1 aliphatic rings. The number of hydrogen-bond donors (Lipinski definition) is 3. The highest BCUT2D eigenvalue weighted by Gasteiger charge is 2.12. The molecule has 1 aliphatic heterocycles. The van der Waals surface area contributed by atoms with Gasteiger partial charge in [0.1, 0.15) is 18.0 Å². The molecule has 1 fully saturated rings. The van der Waals surface area contributed by atoms with Gasteiger partial charge in [0, 0.05) is 31.2 Å². The lowest BCUT2D eigenvalue weighted by molar-refractivity contribution is 0.0753. The van der Waals surface area contributed by atoms with Crippen LogP contribution < -0.4 is 16.0 Å². The Kier molecular flexibility index (Phi) is 5.35. The first-order valence-electron chi connectivity index (χ1n) is 6.87. The van der Waals surface area contributed by atoms with E-state index in [-0.39, 0.29) is 0 Å². The Labute approximate surface area is 114 Å². The maximum Gasteiger partial charge on any atom is 0.131 e. The number of nitrogens with one attached hydrogen (secondary N) is 3. The van der Waals surface area contributed by atoms with Crippen LogP contribution in [0.5, 0.6) is 0 Å². The summed E-state index contributed by atoms with van der Waals surface area (Å²) in [5.74, 6) is 1.71. The fourth-order valence-corrected chi connectivity index (χ4v) is 2.01. The topological polar surface area (TPSA) is 71.1 Å². The van der Waals surface area contributed by atoms with Crippen LogP contribution in [0.4, 0.5) is 11.6 Å². The molecule has 0 saturated carbocycles. The van der Waals surface area contributed by atoms with E-state index in [4.69, 9.17) is 4.74 Å². The molecule has 19 heavy (non-hydrogen) atoms. The zero-order valence-corrected chi connectivity index (χ0v) is 11.6. The van der Waals surface area contributed by atoms with Crippen LogP contribution in [0.3, 0.4) is 0 Å². The van der Waals surface area contributed by atoms with Gasteiger partial charge in [0.05, 0.1) is 13.2 Å². The maximum atomic E-state index is 5.42. The third-order valence-electron chi connectivity index (χ3n) is 2.90. The fraction of sp³-hybridized carbons (Fsp3) is 0.692. The molecule has 1 saturated heterocycles. The number of ether oxygens (including phenoxy) is 1. The van der Waals surface area contributed by atoms with E-state index in [9.17, 15) is 0 Å². The van der Waals surface area contributed by atoms with Crippen LogP contribution >= 0.6 is 0 Å². The molecule has 0 bridgehead atoms. The molecule has 2 heterocycles. The molecule has 0 radical (unpaired) electrons. The number of morpholine rings is 1. The molecular formula is C13H23N5O. The van der Waals surface area contributed by atoms with Gasteiger partial charge in [-0.3, -0.25) is 0 Å². The normalized spacial score (nSPS) is 19.4. The summed E-state index contributed by atoms with van der Waals surface area (Å²) >= 11 is 0. The van der Waals surface area contributed by atoms with E-state index in [1.54, 1.807) is 6.33 Å². The Morgan fingerprint density at radius 2 is 2.26 bits per heavy atom. The van der Waals surface area contributed by atoms with E-state index in [2.05, 4.69) is 39.8 Å². The Balaban J connectivity index is 1.75. The Bertz CT molecular complexity index is 379. The van der Waals surface area contributed by atoms with Crippen LogP contribution in [-0.2, 0) is 4.74 Å². The zero-order valence-electron chi connectivity index (χ0n) is 11.6. The predicted molar refractivity (Wildman–Crippen MR) is 76.5 cm³/mol. The lowest BCUT2D eigenvalue weighted by Crippen LogP contribution is -2.42. The first kappa shape index (κ1) is 14.0. The standard InChI is InChI=1S/C13H23N5O/c1-10(2)18-13-7-12(16-9-17-13)15-4-3-11-8-19-6-5-14-11/h7,9-11,14H,3-6,8H2,1-2H3,(H2,15,16,17,18). The highest BCUT2D eigenvalue weighted by Crippen LogP contribution is 2.10. The molecule has 1 aromatic heterocycles. The lowest BCUT2D eigenvalue weighted by Gasteiger charge is -2.23. The van der Waals surface area contributed by atoms with Crippen molar-refractivity contribution in [2.75, 3.05) is 36.9 Å². The smallest absolute Gasteiger partial charge is 0.131 e. The molecule has 106 valence electrons. The Morgan fingerprint density at radius 3 is 3.00 bits per heavy atom. The molecule has 0 aliphatic carbocycles. The summed E-state index contributed by atoms with van der Waals surface area (Å²) in [4.78, 5) is 8.40. The van der Waals surface area contributed by atoms with Gasteiger partial charge in [-0.1, -0.05) is 0 Å². The number of aromatic nitrogens is 2. The van der Waals surface area contributed by atoms with Crippen LogP contribution in [0.25, 0.3) is 0 Å². The van der Waals surface area contributed by atoms with Crippen LogP contribution in [0.1, 0.15) is 20.3 Å². The van der Waals surface area contributed by atoms with Gasteiger partial charge in [0.2, 0.25) is 0 Å². The van der Waals surface area contributed by atoms with E-state index < -0.39 is 0 Å². The van der Waals surface area contributed by atoms with Crippen molar-refractivity contribution in [3.05, 3.63) is 12.4 Å². The molecule has 1 aromatic rings. The van der Waals surface area contributed by atoms with Crippen molar-refractivity contribution in [1.82, 2.24) is 15.3 Å². The van der Waals surface area contributed by atoms with Gasteiger partial charge in [-0.2, -0.15) is 0 Å². The first-order valence-corrected chi connectivity index (χ1v) is 6.87. The summed E-state index contributed by atoms with van der Waals surface area (Å²) in [7, 11) is 0. The molecule has 1 unspecified atom stereocenters. The van der Waals surface area contributed by atoms with Crippen LogP contribution in [0, 0.1) is 0 Å². The molecule has 6 nitrogen and oxygen atoms in total. The van der Waals surface area contributed by atoms with Crippen molar-refractivity contribution >= 4 is 11.6 Å². The number of anilines is 2. The van der Waals surface area contributed by atoms with Crippen molar-refractivity contribution in [3.63, 3.8) is 0 Å². The van der Waals surface area contributed by atoms with Crippen LogP contribution in [0.2, 0.25) is 0 Å². The van der Waals surface area contributed by atoms with Crippen molar-refractivity contribution in [1.29, 1.82) is 0 Å². The molecule has 3 N–H and O–H groups in total. The third kappa shape index (κ3) is 5.00. The van der Waals surface area contributed by atoms with Gasteiger partial charge in [0.25, 0.3) is 0 Å². The van der Waals surface area contributed by atoms with E-state index in [0.29, 0.717) is 12.1 Å². The number of nitrogens with zero attached hydrogens (tertiary/aromatic N) is 2. The molecule has 0 aromatic carbocycles. The van der Waals surface area contributed by atoms with Crippen LogP contribution in [0.15, 0.2) is 12.4 Å². The molecular weight excluding hydrogens is 242 g/mol. The van der Waals surface area contributed by atoms with E-state index in [1.165, 1.54) is 0 Å². The van der Waals surface area contributed by atoms with Gasteiger partial charge in [0.15, 0.2) is 0 Å². The van der Waals surface area contributed by atoms with E-state index in [0.717, 1.165) is 44.4 Å². The average molecular weight is 265 g/mol. The lowest BCUT2D eigenvalue weighted by atomic mass is 10.2. The van der Waals surface area contributed by atoms with Gasteiger partial charge in [-0.05, 0) is 20.3 Å². The minimum atomic E-state index is 0.367. The third-order valence-corrected chi connectivity index (χ3v) is 2.90. The second-order valence-corrected chi connectivity index (χ2v) is 5.03. The van der Waals surface area contributed by atoms with Crippen molar-refractivity contribution in [2.24, 2.45) is 0 Å². The average Bonchev–Trinajstić information content (AvgIpc) is 2.40. The molecule has 1 atom stereocenters. The van der Waals surface area contributed by atoms with Gasteiger partial charge >= 0.3 is 0 Å². The molecule has 6 heteroatoms. The van der Waals surface area contributed by atoms with Crippen LogP contribution in [-0.4, -0.2) is 48.4 Å². The summed E-state index contributed by atoms with van der Waals surface area (Å²) in [6.45, 7) is 7.61. The number of hydrogen-bond acceptors (Lipinski definition) is 6. The Morgan fingerprint density at radius 1 is 1.42 bits per heavy atom. The van der Waals surface area contributed by atoms with Gasteiger partial charge in [-0.25, -0.2) is 9.97 Å². The van der Waals surface area contributed by atoms with Crippen molar-refractivity contribution < 1.29 is 4.74 Å². The predicted octanol–water partition coefficient (Wildman–Crippen LogP) is 1.09. The second kappa shape index (κ2) is 7.25. The summed E-state index contributed by atoms with van der Waals surface area (Å²) < 4.78 is 5.42. The summed E-state index contributed by atoms with van der Waals surface area (Å²) in [6.07, 6.45) is 2.60. The number of rotatable bonds is 6. The first-order chi connectivity index (χ1) is 9.24. The molecule has 0 amide bonds. The van der Waals surface area contributed by atoms with Gasteiger partial charge in [-0.15, -0.1) is 0 Å². The fourth-order valence-electron chi connectivity index (χ4n) is 2.01. The summed E-state index contributed by atoms with van der Waals surface area (Å²) in [6, 6.07) is 2.74. The van der Waals surface area contributed by atoms with E-state index in [1.807, 2.05) is 6.07 Å². The second-order valence-electron chi connectivity index (χ2n) is 5.03. The SMILES string of the molecule is CC(C)Nc1cc(NCCC2COCCN2)ncn1. The Hall–Kier alpha value is -1.40. The summed E-state index contributed by atoms with van der Waals surface area (Å²) in [5.41, 5.74) is 0. The molecule has 2 rings (SSSR count). The minimum Gasteiger partial charge on any atom is -0.379 e. The van der Waals surface area contributed by atoms with Gasteiger partial charge < -0.3 is 20.7 Å². The maximum absolute atomic E-state index is 5.42. The highest BCUT2D eigenvalue weighted by molar-refractivity contribution is 5.46. The molecule has 0 spiro atoms.